The number of rotatable bonds is 6. The van der Waals surface area contributed by atoms with E-state index in [4.69, 9.17) is 9.47 Å². The largest absolute Gasteiger partial charge is 0.494 e. The van der Waals surface area contributed by atoms with Gasteiger partial charge in [0.15, 0.2) is 5.78 Å². The number of carbonyl (C=O) groups is 2. The van der Waals surface area contributed by atoms with E-state index in [1.807, 2.05) is 52.0 Å². The average Bonchev–Trinajstić information content (AvgIpc) is 2.99. The highest BCUT2D eigenvalue weighted by Crippen LogP contribution is 2.35. The third-order valence-electron chi connectivity index (χ3n) is 5.24. The molecule has 5 heteroatoms. The van der Waals surface area contributed by atoms with E-state index in [0.29, 0.717) is 36.3 Å². The molecule has 0 amide bonds. The maximum Gasteiger partial charge on any atom is 0.355 e. The molecule has 0 saturated carbocycles. The first-order valence-electron chi connectivity index (χ1n) is 9.62. The summed E-state index contributed by atoms with van der Waals surface area (Å²) in [6.07, 6.45) is 1.75. The van der Waals surface area contributed by atoms with Crippen LogP contribution in [0.3, 0.4) is 0 Å². The number of benzene rings is 1. The van der Waals surface area contributed by atoms with Gasteiger partial charge in [-0.3, -0.25) is 4.79 Å². The van der Waals surface area contributed by atoms with E-state index in [1.165, 1.54) is 0 Å². The number of nitrogens with one attached hydrogen (secondary N) is 1. The van der Waals surface area contributed by atoms with Crippen molar-refractivity contribution >= 4 is 11.8 Å². The molecule has 0 saturated heterocycles. The number of hydrogen-bond acceptors (Lipinski definition) is 4. The summed E-state index contributed by atoms with van der Waals surface area (Å²) in [5.41, 5.74) is 3.70. The zero-order valence-corrected chi connectivity index (χ0v) is 16.4. The molecule has 2 unspecified atom stereocenters. The Morgan fingerprint density at radius 1 is 1.22 bits per heavy atom. The molecular weight excluding hydrogens is 342 g/mol. The summed E-state index contributed by atoms with van der Waals surface area (Å²) in [4.78, 5) is 28.4. The molecule has 3 rings (SSSR count). The van der Waals surface area contributed by atoms with Gasteiger partial charge in [-0.05, 0) is 62.8 Å². The van der Waals surface area contributed by atoms with E-state index in [-0.39, 0.29) is 23.8 Å². The fraction of sp³-hybridized carbons (Fsp3) is 0.455. The zero-order valence-electron chi connectivity index (χ0n) is 16.4. The molecule has 144 valence electrons. The summed E-state index contributed by atoms with van der Waals surface area (Å²) in [5.74, 6) is 0.611. The van der Waals surface area contributed by atoms with Gasteiger partial charge < -0.3 is 14.5 Å². The Labute approximate surface area is 160 Å². The Morgan fingerprint density at radius 3 is 2.56 bits per heavy atom. The first kappa shape index (κ1) is 19.2. The average molecular weight is 369 g/mol. The van der Waals surface area contributed by atoms with Crippen molar-refractivity contribution < 1.29 is 19.1 Å². The van der Waals surface area contributed by atoms with Crippen LogP contribution in [0.5, 0.6) is 5.75 Å². The minimum atomic E-state index is -0.387. The van der Waals surface area contributed by atoms with Crippen LogP contribution in [0.4, 0.5) is 0 Å². The minimum absolute atomic E-state index is 0.0754. The molecule has 1 aliphatic carbocycles. The molecule has 0 aliphatic heterocycles. The highest BCUT2D eigenvalue weighted by atomic mass is 16.5. The van der Waals surface area contributed by atoms with Crippen LogP contribution in [-0.2, 0) is 11.2 Å². The van der Waals surface area contributed by atoms with E-state index >= 15 is 0 Å². The van der Waals surface area contributed by atoms with Crippen LogP contribution in [0, 0.1) is 6.92 Å². The van der Waals surface area contributed by atoms with E-state index in [2.05, 4.69) is 4.98 Å². The SMILES string of the molecule is CCOc1ccc(C2CC(=O)c3c([nH]c(C(=O)OC(C)CC)c3C)C2)cc1. The topological polar surface area (TPSA) is 68.4 Å². The Kier molecular flexibility index (Phi) is 5.68. The maximum atomic E-state index is 12.8. The summed E-state index contributed by atoms with van der Waals surface area (Å²) in [6.45, 7) is 8.23. The summed E-state index contributed by atoms with van der Waals surface area (Å²) in [6, 6.07) is 7.91. The molecule has 2 aromatic rings. The predicted octanol–water partition coefficient (Wildman–Crippen LogP) is 4.59. The molecule has 1 aromatic heterocycles. The number of aromatic amines is 1. The van der Waals surface area contributed by atoms with Gasteiger partial charge in [-0.15, -0.1) is 0 Å². The van der Waals surface area contributed by atoms with Crippen molar-refractivity contribution in [1.82, 2.24) is 4.98 Å². The minimum Gasteiger partial charge on any atom is -0.494 e. The molecular formula is C22H27NO4. The summed E-state index contributed by atoms with van der Waals surface area (Å²) in [5, 5.41) is 0. The molecule has 1 N–H and O–H groups in total. The van der Waals surface area contributed by atoms with E-state index in [0.717, 1.165) is 23.4 Å². The van der Waals surface area contributed by atoms with Crippen LogP contribution in [0.2, 0.25) is 0 Å². The molecule has 0 radical (unpaired) electrons. The summed E-state index contributed by atoms with van der Waals surface area (Å²) >= 11 is 0. The van der Waals surface area contributed by atoms with Crippen LogP contribution in [0.15, 0.2) is 24.3 Å². The van der Waals surface area contributed by atoms with Gasteiger partial charge in [-0.2, -0.15) is 0 Å². The number of aromatic nitrogens is 1. The van der Waals surface area contributed by atoms with Crippen molar-refractivity contribution in [2.24, 2.45) is 0 Å². The van der Waals surface area contributed by atoms with Gasteiger partial charge in [0, 0.05) is 17.7 Å². The third-order valence-corrected chi connectivity index (χ3v) is 5.24. The lowest BCUT2D eigenvalue weighted by Gasteiger charge is -2.22. The van der Waals surface area contributed by atoms with Crippen LogP contribution < -0.4 is 4.74 Å². The smallest absolute Gasteiger partial charge is 0.355 e. The third kappa shape index (κ3) is 3.92. The Hall–Kier alpha value is -2.56. The molecule has 0 fully saturated rings. The van der Waals surface area contributed by atoms with E-state index < -0.39 is 0 Å². The molecule has 1 heterocycles. The molecule has 1 aliphatic rings. The van der Waals surface area contributed by atoms with Crippen molar-refractivity contribution in [2.75, 3.05) is 6.61 Å². The van der Waals surface area contributed by atoms with Crippen LogP contribution in [0.25, 0.3) is 0 Å². The van der Waals surface area contributed by atoms with Crippen molar-refractivity contribution in [3.8, 4) is 5.75 Å². The quantitative estimate of drug-likeness (QED) is 0.756. The second-order valence-corrected chi connectivity index (χ2v) is 7.13. The maximum absolute atomic E-state index is 12.8. The van der Waals surface area contributed by atoms with Gasteiger partial charge in [-0.1, -0.05) is 19.1 Å². The fourth-order valence-corrected chi connectivity index (χ4v) is 3.60. The molecule has 5 nitrogen and oxygen atoms in total. The van der Waals surface area contributed by atoms with Gasteiger partial charge in [-0.25, -0.2) is 4.79 Å². The van der Waals surface area contributed by atoms with Crippen molar-refractivity contribution in [3.05, 3.63) is 52.3 Å². The molecule has 27 heavy (non-hydrogen) atoms. The van der Waals surface area contributed by atoms with Gasteiger partial charge in [0.05, 0.1) is 12.7 Å². The molecule has 0 spiro atoms. The number of ether oxygens (including phenoxy) is 2. The summed E-state index contributed by atoms with van der Waals surface area (Å²) in [7, 11) is 0. The number of H-pyrrole nitrogens is 1. The number of fused-ring (bicyclic) bond motifs is 1. The number of esters is 1. The molecule has 0 bridgehead atoms. The van der Waals surface area contributed by atoms with Crippen molar-refractivity contribution in [2.45, 2.75) is 59.0 Å². The fourth-order valence-electron chi connectivity index (χ4n) is 3.60. The van der Waals surface area contributed by atoms with Crippen molar-refractivity contribution in [1.29, 1.82) is 0 Å². The number of Topliss-reactive ketones (excluding diaryl/α,β-unsaturated/α-hetero) is 1. The second-order valence-electron chi connectivity index (χ2n) is 7.13. The van der Waals surface area contributed by atoms with Gasteiger partial charge in [0.1, 0.15) is 11.4 Å². The first-order valence-corrected chi connectivity index (χ1v) is 9.62. The predicted molar refractivity (Wildman–Crippen MR) is 104 cm³/mol. The number of hydrogen-bond donors (Lipinski definition) is 1. The lowest BCUT2D eigenvalue weighted by molar-refractivity contribution is 0.0327. The van der Waals surface area contributed by atoms with Gasteiger partial charge in [0.25, 0.3) is 0 Å². The van der Waals surface area contributed by atoms with Crippen LogP contribution >= 0.6 is 0 Å². The number of ketones is 1. The lowest BCUT2D eigenvalue weighted by atomic mass is 9.81. The van der Waals surface area contributed by atoms with E-state index in [9.17, 15) is 9.59 Å². The first-order chi connectivity index (χ1) is 12.9. The number of carbonyl (C=O) groups excluding carboxylic acids is 2. The van der Waals surface area contributed by atoms with Crippen molar-refractivity contribution in [3.63, 3.8) is 0 Å². The van der Waals surface area contributed by atoms with Crippen LogP contribution in [-0.4, -0.2) is 29.4 Å². The Bertz CT molecular complexity index is 835. The summed E-state index contributed by atoms with van der Waals surface area (Å²) < 4.78 is 10.9. The molecule has 1 aromatic carbocycles. The Balaban J connectivity index is 1.84. The van der Waals surface area contributed by atoms with Gasteiger partial charge >= 0.3 is 5.97 Å². The zero-order chi connectivity index (χ0) is 19.6. The van der Waals surface area contributed by atoms with Crippen LogP contribution in [0.1, 0.15) is 77.2 Å². The van der Waals surface area contributed by atoms with Gasteiger partial charge in [0.2, 0.25) is 0 Å². The Morgan fingerprint density at radius 2 is 1.93 bits per heavy atom. The lowest BCUT2D eigenvalue weighted by Crippen LogP contribution is -2.18. The van der Waals surface area contributed by atoms with E-state index in [1.54, 1.807) is 0 Å². The molecule has 2 atom stereocenters. The highest BCUT2D eigenvalue weighted by Gasteiger charge is 2.32. The highest BCUT2D eigenvalue weighted by molar-refractivity contribution is 6.03. The normalized spacial score (nSPS) is 17.3. The monoisotopic (exact) mass is 369 g/mol. The second kappa shape index (κ2) is 7.99. The standard InChI is InChI=1S/C22H27NO4/c1-5-13(3)27-22(25)21-14(4)20-18(23-21)11-16(12-19(20)24)15-7-9-17(10-8-15)26-6-2/h7-10,13,16,23H,5-6,11-12H2,1-4H3.